The van der Waals surface area contributed by atoms with E-state index in [2.05, 4.69) is 10.2 Å². The van der Waals surface area contributed by atoms with E-state index in [0.29, 0.717) is 26.2 Å². The lowest BCUT2D eigenvalue weighted by Gasteiger charge is -2.26. The molecule has 18 heavy (non-hydrogen) atoms. The van der Waals surface area contributed by atoms with Crippen LogP contribution in [0.5, 0.6) is 0 Å². The van der Waals surface area contributed by atoms with Crippen LogP contribution in [0.2, 0.25) is 0 Å². The summed E-state index contributed by atoms with van der Waals surface area (Å²) in [5.41, 5.74) is -0.589. The van der Waals surface area contributed by atoms with Crippen molar-refractivity contribution < 1.29 is 19.1 Å². The van der Waals surface area contributed by atoms with Crippen LogP contribution in [-0.4, -0.2) is 55.3 Å². The lowest BCUT2D eigenvalue weighted by molar-refractivity contribution is -0.121. The van der Waals surface area contributed by atoms with Crippen molar-refractivity contribution in [2.45, 2.75) is 32.8 Å². The largest absolute Gasteiger partial charge is 0.444 e. The molecule has 0 spiro atoms. The first kappa shape index (κ1) is 14.9. The molecule has 0 aromatic carbocycles. The van der Waals surface area contributed by atoms with Gasteiger partial charge in [0.1, 0.15) is 5.60 Å². The van der Waals surface area contributed by atoms with Gasteiger partial charge in [0.05, 0.1) is 13.2 Å². The van der Waals surface area contributed by atoms with Crippen molar-refractivity contribution >= 4 is 12.0 Å². The van der Waals surface area contributed by atoms with E-state index in [-0.39, 0.29) is 5.91 Å². The minimum absolute atomic E-state index is 0.291. The van der Waals surface area contributed by atoms with Gasteiger partial charge in [-0.15, -0.1) is 0 Å². The van der Waals surface area contributed by atoms with Crippen molar-refractivity contribution in [3.63, 3.8) is 0 Å². The van der Waals surface area contributed by atoms with E-state index in [1.54, 1.807) is 20.8 Å². The summed E-state index contributed by atoms with van der Waals surface area (Å²) >= 11 is 0. The first-order valence-corrected chi connectivity index (χ1v) is 6.20. The van der Waals surface area contributed by atoms with E-state index >= 15 is 0 Å². The lowest BCUT2D eigenvalue weighted by Crippen LogP contribution is -2.40. The second-order valence-electron chi connectivity index (χ2n) is 5.25. The van der Waals surface area contributed by atoms with Crippen LogP contribution in [0.3, 0.4) is 0 Å². The predicted molar refractivity (Wildman–Crippen MR) is 66.3 cm³/mol. The molecule has 0 atom stereocenters. The molecule has 1 aliphatic heterocycles. The van der Waals surface area contributed by atoms with Gasteiger partial charge in [0.15, 0.2) is 0 Å². The molecule has 1 rings (SSSR count). The van der Waals surface area contributed by atoms with Gasteiger partial charge in [0.25, 0.3) is 0 Å². The maximum absolute atomic E-state index is 11.5. The van der Waals surface area contributed by atoms with E-state index in [1.165, 1.54) is 0 Å². The number of alkyl carbamates (subject to hydrolysis) is 1. The average molecular weight is 258 g/mol. The van der Waals surface area contributed by atoms with Gasteiger partial charge in [-0.2, -0.15) is 0 Å². The van der Waals surface area contributed by atoms with Crippen molar-refractivity contribution in [3.8, 4) is 0 Å². The Bertz CT molecular complexity index is 293. The van der Waals surface area contributed by atoms with Crippen molar-refractivity contribution in [1.29, 1.82) is 0 Å². The number of ether oxygens (including phenoxy) is 2. The molecular formula is C12H22N2O4. The molecule has 104 valence electrons. The van der Waals surface area contributed by atoms with Gasteiger partial charge in [0.2, 0.25) is 5.91 Å². The van der Waals surface area contributed by atoms with Crippen LogP contribution in [-0.2, 0) is 14.3 Å². The number of carbonyl (C=O) groups excluding carboxylic acids is 2. The van der Waals surface area contributed by atoms with E-state index in [4.69, 9.17) is 9.47 Å². The van der Waals surface area contributed by atoms with Gasteiger partial charge in [-0.3, -0.25) is 15.0 Å². The van der Waals surface area contributed by atoms with Gasteiger partial charge in [-0.1, -0.05) is 0 Å². The molecular weight excluding hydrogens is 236 g/mol. The average Bonchev–Trinajstić information content (AvgIpc) is 2.25. The topological polar surface area (TPSA) is 67.9 Å². The molecule has 1 heterocycles. The third-order valence-electron chi connectivity index (χ3n) is 2.40. The summed E-state index contributed by atoms with van der Waals surface area (Å²) in [5, 5.41) is 2.22. The predicted octanol–water partition coefficient (Wildman–Crippen LogP) is 0.760. The maximum atomic E-state index is 11.5. The van der Waals surface area contributed by atoms with Crippen LogP contribution in [0.4, 0.5) is 4.79 Å². The number of amides is 2. The van der Waals surface area contributed by atoms with Gasteiger partial charge < -0.3 is 9.47 Å². The number of carbonyl (C=O) groups is 2. The van der Waals surface area contributed by atoms with Crippen LogP contribution in [0.1, 0.15) is 27.2 Å². The Morgan fingerprint density at radius 3 is 2.44 bits per heavy atom. The standard InChI is InChI=1S/C12H22N2O4/c1-12(2,3)18-11(16)13-10(15)4-5-14-6-8-17-9-7-14/h4-9H2,1-3H3,(H,13,15,16). The van der Waals surface area contributed by atoms with Gasteiger partial charge in [0, 0.05) is 26.1 Å². The summed E-state index contributed by atoms with van der Waals surface area (Å²) in [4.78, 5) is 25.0. The number of morpholine rings is 1. The molecule has 1 saturated heterocycles. The Morgan fingerprint density at radius 2 is 1.89 bits per heavy atom. The zero-order valence-electron chi connectivity index (χ0n) is 11.3. The molecule has 0 radical (unpaired) electrons. The fourth-order valence-electron chi connectivity index (χ4n) is 1.56. The summed E-state index contributed by atoms with van der Waals surface area (Å²) in [6.07, 6.45) is -0.395. The molecule has 0 unspecified atom stereocenters. The molecule has 0 bridgehead atoms. The van der Waals surface area contributed by atoms with Crippen molar-refractivity contribution in [2.24, 2.45) is 0 Å². The first-order chi connectivity index (χ1) is 8.37. The van der Waals surface area contributed by atoms with Gasteiger partial charge in [-0.25, -0.2) is 4.79 Å². The molecule has 0 aromatic heterocycles. The van der Waals surface area contributed by atoms with Crippen LogP contribution in [0.25, 0.3) is 0 Å². The number of rotatable bonds is 3. The normalized spacial score (nSPS) is 17.3. The zero-order chi connectivity index (χ0) is 13.6. The SMILES string of the molecule is CC(C)(C)OC(=O)NC(=O)CCN1CCOCC1. The highest BCUT2D eigenvalue weighted by Gasteiger charge is 2.18. The number of hydrogen-bond acceptors (Lipinski definition) is 5. The fourth-order valence-corrected chi connectivity index (χ4v) is 1.56. The molecule has 1 N–H and O–H groups in total. The monoisotopic (exact) mass is 258 g/mol. The molecule has 1 fully saturated rings. The highest BCUT2D eigenvalue weighted by atomic mass is 16.6. The van der Waals surface area contributed by atoms with E-state index < -0.39 is 11.7 Å². The highest BCUT2D eigenvalue weighted by Crippen LogP contribution is 2.06. The summed E-state index contributed by atoms with van der Waals surface area (Å²) in [5.74, 6) is -0.309. The van der Waals surface area contributed by atoms with E-state index in [1.807, 2.05) is 0 Å². The number of nitrogens with zero attached hydrogens (tertiary/aromatic N) is 1. The summed E-state index contributed by atoms with van der Waals surface area (Å²) in [6, 6.07) is 0. The summed E-state index contributed by atoms with van der Waals surface area (Å²) in [6.45, 7) is 8.97. The number of hydrogen-bond donors (Lipinski definition) is 1. The van der Waals surface area contributed by atoms with E-state index in [9.17, 15) is 9.59 Å². The zero-order valence-corrected chi connectivity index (χ0v) is 11.3. The fraction of sp³-hybridized carbons (Fsp3) is 0.833. The van der Waals surface area contributed by atoms with Crippen molar-refractivity contribution in [2.75, 3.05) is 32.8 Å². The third-order valence-corrected chi connectivity index (χ3v) is 2.40. The third kappa shape index (κ3) is 6.56. The van der Waals surface area contributed by atoms with Crippen LogP contribution in [0.15, 0.2) is 0 Å². The van der Waals surface area contributed by atoms with Crippen LogP contribution in [0, 0.1) is 0 Å². The molecule has 6 heteroatoms. The van der Waals surface area contributed by atoms with Crippen LogP contribution < -0.4 is 5.32 Å². The second kappa shape index (κ2) is 6.70. The van der Waals surface area contributed by atoms with Crippen LogP contribution >= 0.6 is 0 Å². The Hall–Kier alpha value is -1.14. The quantitative estimate of drug-likeness (QED) is 0.809. The smallest absolute Gasteiger partial charge is 0.414 e. The summed E-state index contributed by atoms with van der Waals surface area (Å²) in [7, 11) is 0. The highest BCUT2D eigenvalue weighted by molar-refractivity contribution is 5.91. The molecule has 6 nitrogen and oxygen atoms in total. The van der Waals surface area contributed by atoms with Gasteiger partial charge >= 0.3 is 6.09 Å². The number of imide groups is 1. The summed E-state index contributed by atoms with van der Waals surface area (Å²) < 4.78 is 10.2. The second-order valence-corrected chi connectivity index (χ2v) is 5.25. The molecule has 0 aromatic rings. The Balaban J connectivity index is 2.18. The lowest BCUT2D eigenvalue weighted by atomic mass is 10.2. The Morgan fingerprint density at radius 1 is 1.28 bits per heavy atom. The molecule has 1 aliphatic rings. The van der Waals surface area contributed by atoms with E-state index in [0.717, 1.165) is 13.1 Å². The Kier molecular flexibility index (Phi) is 5.55. The molecule has 2 amide bonds. The Labute approximate surface area is 108 Å². The maximum Gasteiger partial charge on any atom is 0.414 e. The molecule has 0 saturated carbocycles. The minimum Gasteiger partial charge on any atom is -0.444 e. The first-order valence-electron chi connectivity index (χ1n) is 6.20. The molecule has 0 aliphatic carbocycles. The van der Waals surface area contributed by atoms with Crippen molar-refractivity contribution in [3.05, 3.63) is 0 Å². The minimum atomic E-state index is -0.686. The number of nitrogens with one attached hydrogen (secondary N) is 1. The van der Waals surface area contributed by atoms with Gasteiger partial charge in [-0.05, 0) is 20.8 Å². The van der Waals surface area contributed by atoms with Crippen molar-refractivity contribution in [1.82, 2.24) is 10.2 Å².